The van der Waals surface area contributed by atoms with Crippen LogP contribution in [0.15, 0.2) is 52.3 Å². The molecule has 184 valence electrons. The molecule has 7 nitrogen and oxygen atoms in total. The van der Waals surface area contributed by atoms with Crippen LogP contribution >= 0.6 is 0 Å². The predicted molar refractivity (Wildman–Crippen MR) is 124 cm³/mol. The molecule has 0 spiro atoms. The van der Waals surface area contributed by atoms with E-state index in [1.54, 1.807) is 0 Å². The van der Waals surface area contributed by atoms with E-state index < -0.39 is 25.1 Å². The molecule has 0 fully saturated rings. The van der Waals surface area contributed by atoms with Crippen molar-refractivity contribution in [2.45, 2.75) is 87.3 Å². The van der Waals surface area contributed by atoms with E-state index in [1.165, 1.54) is 68.9 Å². The summed E-state index contributed by atoms with van der Waals surface area (Å²) in [4.78, 5) is -0.799. The molecule has 2 aromatic carbocycles. The second-order valence-electron chi connectivity index (χ2n) is 8.15. The molecule has 0 aliphatic rings. The number of hydrogen-bond donors (Lipinski definition) is 0. The molecule has 11 heteroatoms. The van der Waals surface area contributed by atoms with Gasteiger partial charge in [0.15, 0.2) is 0 Å². The van der Waals surface area contributed by atoms with Gasteiger partial charge in [0.25, 0.3) is 0 Å². The fourth-order valence-corrected chi connectivity index (χ4v) is 4.99. The number of unbranched alkanes of at least 4 members (excludes halogenated alkanes) is 9. The molecular weight excluding hydrogens is 510 g/mol. The van der Waals surface area contributed by atoms with E-state index in [9.17, 15) is 25.9 Å². The summed E-state index contributed by atoms with van der Waals surface area (Å²) in [6.45, 7) is 2.20. The first-order valence-electron chi connectivity index (χ1n) is 11.4. The maximum atomic E-state index is 11.8. The van der Waals surface area contributed by atoms with Crippen molar-refractivity contribution in [1.29, 1.82) is 0 Å². The van der Waals surface area contributed by atoms with Crippen molar-refractivity contribution in [2.24, 2.45) is 0 Å². The quantitative estimate of drug-likeness (QED) is 0.173. The average Bonchev–Trinajstić information content (AvgIpc) is 2.74. The third-order valence-corrected chi connectivity index (χ3v) is 7.21. The Morgan fingerprint density at radius 1 is 0.714 bits per heavy atom. The van der Waals surface area contributed by atoms with Crippen LogP contribution in [0.25, 0.3) is 0 Å². The second kappa shape index (κ2) is 17.5. The molecule has 0 bridgehead atoms. The van der Waals surface area contributed by atoms with Crippen LogP contribution < -0.4 is 63.9 Å². The van der Waals surface area contributed by atoms with Crippen LogP contribution in [0.1, 0.15) is 76.7 Å². The summed E-state index contributed by atoms with van der Waals surface area (Å²) in [6, 6.07) is 9.21. The molecule has 2 rings (SSSR count). The first-order chi connectivity index (χ1) is 15.6. The maximum Gasteiger partial charge on any atom is 1.00 e. The van der Waals surface area contributed by atoms with Gasteiger partial charge in [-0.15, -0.1) is 0 Å². The minimum Gasteiger partial charge on any atom is -0.744 e. The largest absolute Gasteiger partial charge is 1.00 e. The fraction of sp³-hybridized carbons (Fsp3) is 0.500. The van der Waals surface area contributed by atoms with Crippen LogP contribution in [-0.2, 0) is 26.7 Å². The van der Waals surface area contributed by atoms with Gasteiger partial charge in [-0.2, -0.15) is 0 Å². The van der Waals surface area contributed by atoms with Crippen molar-refractivity contribution in [3.05, 3.63) is 48.0 Å². The van der Waals surface area contributed by atoms with Gasteiger partial charge in [-0.05, 0) is 43.2 Å². The number of benzene rings is 2. The van der Waals surface area contributed by atoms with Gasteiger partial charge in [0.1, 0.15) is 31.7 Å². The van der Waals surface area contributed by atoms with Crippen LogP contribution in [0.2, 0.25) is 0 Å². The monoisotopic (exact) mass is 542 g/mol. The minimum atomic E-state index is -4.72. The summed E-state index contributed by atoms with van der Waals surface area (Å²) in [5.74, 6) is 0.222. The fourth-order valence-electron chi connectivity index (χ4n) is 3.73. The van der Waals surface area contributed by atoms with Crippen LogP contribution in [0.4, 0.5) is 0 Å². The zero-order valence-corrected chi connectivity index (χ0v) is 26.6. The van der Waals surface area contributed by atoms with E-state index in [0.717, 1.165) is 31.4 Å². The smallest absolute Gasteiger partial charge is 0.744 e. The molecule has 0 heterocycles. The molecule has 0 unspecified atom stereocenters. The van der Waals surface area contributed by atoms with Gasteiger partial charge in [0.05, 0.1) is 9.79 Å². The standard InChI is InChI=1S/C24H34O7S2.2Na/c1-2-3-4-5-6-7-8-9-10-11-16-22-23(17-13-18-24(22)33(28,29)30)31-20-14-12-15-21(19-20)32(25,26)27;;/h12-15,17-19H,2-11,16H2,1H3,(H,25,26,27)(H,28,29,30);;/q;2*+1/p-2. The van der Waals surface area contributed by atoms with Gasteiger partial charge in [-0.1, -0.05) is 76.8 Å². The van der Waals surface area contributed by atoms with Crippen LogP contribution in [-0.4, -0.2) is 25.9 Å². The molecule has 0 aliphatic heterocycles. The molecule has 0 saturated carbocycles. The molecule has 0 amide bonds. The molecule has 0 N–H and O–H groups in total. The molecule has 0 radical (unpaired) electrons. The third kappa shape index (κ3) is 12.9. The topological polar surface area (TPSA) is 124 Å². The van der Waals surface area contributed by atoms with E-state index in [-0.39, 0.29) is 81.1 Å². The molecule has 0 atom stereocenters. The molecule has 0 aliphatic carbocycles. The Labute approximate surface area is 254 Å². The van der Waals surface area contributed by atoms with E-state index >= 15 is 0 Å². The Morgan fingerprint density at radius 2 is 1.26 bits per heavy atom. The zero-order valence-electron chi connectivity index (χ0n) is 21.0. The van der Waals surface area contributed by atoms with E-state index in [4.69, 9.17) is 4.74 Å². The Hall–Kier alpha value is 0.0600. The summed E-state index contributed by atoms with van der Waals surface area (Å²) in [7, 11) is -9.39. The normalized spacial score (nSPS) is 11.4. The summed E-state index contributed by atoms with van der Waals surface area (Å²) < 4.78 is 74.9. The van der Waals surface area contributed by atoms with E-state index in [1.807, 2.05) is 0 Å². The summed E-state index contributed by atoms with van der Waals surface area (Å²) in [5, 5.41) is 0. The van der Waals surface area contributed by atoms with Crippen molar-refractivity contribution >= 4 is 20.2 Å². The average molecular weight is 543 g/mol. The van der Waals surface area contributed by atoms with Crippen LogP contribution in [0, 0.1) is 0 Å². The molecular formula is C24H32Na2O7S2. The van der Waals surface area contributed by atoms with Crippen molar-refractivity contribution in [1.82, 2.24) is 0 Å². The van der Waals surface area contributed by atoms with Crippen LogP contribution in [0.5, 0.6) is 11.5 Å². The van der Waals surface area contributed by atoms with Gasteiger partial charge >= 0.3 is 59.1 Å². The second-order valence-corrected chi connectivity index (χ2v) is 10.9. The van der Waals surface area contributed by atoms with Crippen molar-refractivity contribution < 1.29 is 89.8 Å². The van der Waals surface area contributed by atoms with Gasteiger partial charge in [0.2, 0.25) is 0 Å². The predicted octanol–water partition coefficient (Wildman–Crippen LogP) is -0.241. The van der Waals surface area contributed by atoms with Gasteiger partial charge < -0.3 is 13.8 Å². The Kier molecular flexibility index (Phi) is 17.6. The zero-order chi connectivity index (χ0) is 24.3. The number of ether oxygens (including phenoxy) is 1. The van der Waals surface area contributed by atoms with E-state index in [0.29, 0.717) is 12.8 Å². The van der Waals surface area contributed by atoms with Gasteiger partial charge in [-0.25, -0.2) is 16.8 Å². The molecule has 0 saturated heterocycles. The summed E-state index contributed by atoms with van der Waals surface area (Å²) in [6.07, 6.45) is 11.5. The molecule has 35 heavy (non-hydrogen) atoms. The van der Waals surface area contributed by atoms with Crippen LogP contribution in [0.3, 0.4) is 0 Å². The summed E-state index contributed by atoms with van der Waals surface area (Å²) in [5.41, 5.74) is 0.266. The molecule has 0 aromatic heterocycles. The SMILES string of the molecule is CCCCCCCCCCCCc1c(Oc2cccc(S(=O)(=O)[O-])c2)cccc1S(=O)(=O)[O-].[Na+].[Na+]. The van der Waals surface area contributed by atoms with Crippen molar-refractivity contribution in [2.75, 3.05) is 0 Å². The minimum absolute atomic E-state index is 0. The Bertz CT molecular complexity index is 1100. The maximum absolute atomic E-state index is 11.8. The first kappa shape index (κ1) is 35.1. The third-order valence-electron chi connectivity index (χ3n) is 5.46. The first-order valence-corrected chi connectivity index (χ1v) is 14.3. The van der Waals surface area contributed by atoms with Gasteiger partial charge in [-0.3, -0.25) is 0 Å². The number of rotatable bonds is 15. The van der Waals surface area contributed by atoms with Gasteiger partial charge in [0, 0.05) is 5.56 Å². The Morgan fingerprint density at radius 3 is 1.80 bits per heavy atom. The van der Waals surface area contributed by atoms with Crippen molar-refractivity contribution in [3.8, 4) is 11.5 Å². The summed E-state index contributed by atoms with van der Waals surface area (Å²) >= 11 is 0. The van der Waals surface area contributed by atoms with Crippen molar-refractivity contribution in [3.63, 3.8) is 0 Å². The number of hydrogen-bond acceptors (Lipinski definition) is 7. The van der Waals surface area contributed by atoms with E-state index in [2.05, 4.69) is 6.92 Å². The Balaban J connectivity index is 0.00000578. The molecule has 2 aromatic rings.